The summed E-state index contributed by atoms with van der Waals surface area (Å²) in [5.41, 5.74) is 1.42. The zero-order valence-electron chi connectivity index (χ0n) is 7.48. The quantitative estimate of drug-likeness (QED) is 0.402. The minimum atomic E-state index is 1.16. The molecule has 1 radical (unpaired) electrons. The zero-order valence-corrected chi connectivity index (χ0v) is 7.48. The van der Waals surface area contributed by atoms with Crippen LogP contribution in [0.25, 0.3) is 0 Å². The fourth-order valence-electron chi connectivity index (χ4n) is 0.785. The smallest absolute Gasteiger partial charge is 0.0317 e. The molecule has 0 aromatic heterocycles. The Balaban J connectivity index is 2.98. The van der Waals surface area contributed by atoms with Crippen molar-refractivity contribution in [2.75, 3.05) is 0 Å². The molecule has 59 valence electrons. The minimum absolute atomic E-state index is 1.16. The maximum atomic E-state index is 2.36. The number of hydrogen-bond acceptors (Lipinski definition) is 0. The van der Waals surface area contributed by atoms with Gasteiger partial charge in [-0.05, 0) is 33.1 Å². The lowest BCUT2D eigenvalue weighted by atomic mass is 10.1. The lowest BCUT2D eigenvalue weighted by Gasteiger charge is -1.94. The van der Waals surface area contributed by atoms with E-state index in [0.29, 0.717) is 0 Å². The normalized spacial score (nSPS) is 9.50. The summed E-state index contributed by atoms with van der Waals surface area (Å²) in [6.45, 7) is 6.52. The highest BCUT2D eigenvalue weighted by molar-refractivity contribution is 4.95. The van der Waals surface area contributed by atoms with Crippen molar-refractivity contribution in [3.8, 4) is 0 Å². The van der Waals surface area contributed by atoms with Gasteiger partial charge in [0.05, 0.1) is 0 Å². The fourth-order valence-corrected chi connectivity index (χ4v) is 0.785. The van der Waals surface area contributed by atoms with Crippen molar-refractivity contribution in [3.63, 3.8) is 0 Å². The Morgan fingerprint density at radius 2 is 2.00 bits per heavy atom. The summed E-state index contributed by atoms with van der Waals surface area (Å²) in [5.74, 6) is 0. The number of unbranched alkanes of at least 4 members (excludes halogenated alkanes) is 4. The maximum absolute atomic E-state index is 2.36. The molecule has 0 bridgehead atoms. The monoisotopic (exact) mass is 139 g/mol. The van der Waals surface area contributed by atoms with Crippen molar-refractivity contribution in [1.82, 2.24) is 0 Å². The lowest BCUT2D eigenvalue weighted by molar-refractivity contribution is 0.770. The summed E-state index contributed by atoms with van der Waals surface area (Å²) in [7, 11) is 0. The van der Waals surface area contributed by atoms with E-state index in [9.17, 15) is 0 Å². The average Bonchev–Trinajstić information content (AvgIpc) is 1.87. The summed E-state index contributed by atoms with van der Waals surface area (Å²) >= 11 is 0. The maximum Gasteiger partial charge on any atom is -0.0317 e. The van der Waals surface area contributed by atoms with Crippen molar-refractivity contribution in [1.29, 1.82) is 0 Å². The molecular formula is C10H19. The molecule has 0 N–H and O–H groups in total. The molecule has 0 aliphatic heterocycles. The Labute approximate surface area is 65.3 Å². The SMILES string of the molecule is CCCC[CH]CC=C(C)C. The van der Waals surface area contributed by atoms with E-state index in [4.69, 9.17) is 0 Å². The number of allylic oxidation sites excluding steroid dienone is 2. The van der Waals surface area contributed by atoms with Crippen LogP contribution in [0.5, 0.6) is 0 Å². The third kappa shape index (κ3) is 7.74. The summed E-state index contributed by atoms with van der Waals surface area (Å²) < 4.78 is 0. The van der Waals surface area contributed by atoms with Crippen molar-refractivity contribution in [2.45, 2.75) is 46.5 Å². The highest BCUT2D eigenvalue weighted by Crippen LogP contribution is 2.03. The predicted molar refractivity (Wildman–Crippen MR) is 47.9 cm³/mol. The number of rotatable bonds is 5. The summed E-state index contributed by atoms with van der Waals surface area (Å²) in [6.07, 6.45) is 9.72. The average molecular weight is 139 g/mol. The van der Waals surface area contributed by atoms with Gasteiger partial charge in [-0.25, -0.2) is 0 Å². The molecule has 10 heavy (non-hydrogen) atoms. The Bertz CT molecular complexity index is 86.2. The van der Waals surface area contributed by atoms with Gasteiger partial charge in [0.2, 0.25) is 0 Å². The molecule has 0 atom stereocenters. The van der Waals surface area contributed by atoms with E-state index in [1.807, 2.05) is 0 Å². The molecule has 0 amide bonds. The van der Waals surface area contributed by atoms with Crippen LogP contribution in [0.3, 0.4) is 0 Å². The Morgan fingerprint density at radius 1 is 1.30 bits per heavy atom. The molecule has 0 saturated heterocycles. The van der Waals surface area contributed by atoms with E-state index in [0.717, 1.165) is 6.42 Å². The number of hydrogen-bond donors (Lipinski definition) is 0. The predicted octanol–water partition coefficient (Wildman–Crippen LogP) is 3.74. The van der Waals surface area contributed by atoms with Crippen LogP contribution < -0.4 is 0 Å². The van der Waals surface area contributed by atoms with Gasteiger partial charge in [-0.2, -0.15) is 0 Å². The Hall–Kier alpha value is -0.260. The lowest BCUT2D eigenvalue weighted by Crippen LogP contribution is -1.75. The van der Waals surface area contributed by atoms with Gasteiger partial charge >= 0.3 is 0 Å². The van der Waals surface area contributed by atoms with Crippen LogP contribution in [-0.4, -0.2) is 0 Å². The second-order valence-corrected chi connectivity index (χ2v) is 2.95. The Kier molecular flexibility index (Phi) is 6.68. The van der Waals surface area contributed by atoms with Crippen LogP contribution >= 0.6 is 0 Å². The molecular weight excluding hydrogens is 120 g/mol. The topological polar surface area (TPSA) is 0 Å². The molecule has 0 aliphatic carbocycles. The summed E-state index contributed by atoms with van der Waals surface area (Å²) in [6, 6.07) is 0. The highest BCUT2D eigenvalue weighted by Gasteiger charge is 1.84. The molecule has 0 fully saturated rings. The minimum Gasteiger partial charge on any atom is -0.0856 e. The van der Waals surface area contributed by atoms with Gasteiger partial charge in [0.1, 0.15) is 0 Å². The molecule has 0 spiro atoms. The second kappa shape index (κ2) is 6.85. The third-order valence-corrected chi connectivity index (χ3v) is 1.45. The van der Waals surface area contributed by atoms with Gasteiger partial charge in [0, 0.05) is 0 Å². The van der Waals surface area contributed by atoms with Crippen LogP contribution in [0.15, 0.2) is 11.6 Å². The highest BCUT2D eigenvalue weighted by atomic mass is 13.9. The molecule has 0 unspecified atom stereocenters. The first-order valence-corrected chi connectivity index (χ1v) is 4.22. The van der Waals surface area contributed by atoms with E-state index >= 15 is 0 Å². The first-order valence-electron chi connectivity index (χ1n) is 4.22. The molecule has 0 heterocycles. The van der Waals surface area contributed by atoms with Gasteiger partial charge < -0.3 is 0 Å². The van der Waals surface area contributed by atoms with E-state index in [2.05, 4.69) is 33.3 Å². The van der Waals surface area contributed by atoms with Crippen molar-refractivity contribution < 1.29 is 0 Å². The second-order valence-electron chi connectivity index (χ2n) is 2.95. The van der Waals surface area contributed by atoms with Crippen LogP contribution in [0.2, 0.25) is 0 Å². The van der Waals surface area contributed by atoms with E-state index in [1.165, 1.54) is 24.8 Å². The first kappa shape index (κ1) is 9.74. The van der Waals surface area contributed by atoms with Crippen LogP contribution in [0.4, 0.5) is 0 Å². The molecule has 0 heteroatoms. The van der Waals surface area contributed by atoms with Gasteiger partial charge in [-0.15, -0.1) is 0 Å². The zero-order chi connectivity index (χ0) is 7.82. The standard InChI is InChI=1S/C10H19/c1-4-5-6-7-8-9-10(2)3/h7,9H,4-6,8H2,1-3H3. The van der Waals surface area contributed by atoms with E-state index in [1.54, 1.807) is 0 Å². The van der Waals surface area contributed by atoms with E-state index in [-0.39, 0.29) is 0 Å². The molecule has 0 nitrogen and oxygen atoms in total. The van der Waals surface area contributed by atoms with Crippen molar-refractivity contribution in [3.05, 3.63) is 18.1 Å². The molecule has 0 rings (SSSR count). The van der Waals surface area contributed by atoms with Gasteiger partial charge in [-0.1, -0.05) is 31.4 Å². The summed E-state index contributed by atoms with van der Waals surface area (Å²) in [5, 5.41) is 0. The van der Waals surface area contributed by atoms with Crippen molar-refractivity contribution in [2.24, 2.45) is 0 Å². The van der Waals surface area contributed by atoms with Crippen LogP contribution in [0.1, 0.15) is 46.5 Å². The van der Waals surface area contributed by atoms with Gasteiger partial charge in [0.25, 0.3) is 0 Å². The summed E-state index contributed by atoms with van der Waals surface area (Å²) in [4.78, 5) is 0. The first-order chi connectivity index (χ1) is 4.77. The molecule has 0 aromatic rings. The fraction of sp³-hybridized carbons (Fsp3) is 0.700. The molecule has 0 saturated carbocycles. The molecule has 0 aliphatic rings. The largest absolute Gasteiger partial charge is 0.0856 e. The van der Waals surface area contributed by atoms with Gasteiger partial charge in [0.15, 0.2) is 0 Å². The van der Waals surface area contributed by atoms with Crippen molar-refractivity contribution >= 4 is 0 Å². The van der Waals surface area contributed by atoms with Crippen LogP contribution in [-0.2, 0) is 0 Å². The molecule has 0 aromatic carbocycles. The van der Waals surface area contributed by atoms with Crippen LogP contribution in [0, 0.1) is 6.42 Å². The van der Waals surface area contributed by atoms with E-state index < -0.39 is 0 Å². The third-order valence-electron chi connectivity index (χ3n) is 1.45. The Morgan fingerprint density at radius 3 is 2.50 bits per heavy atom. The van der Waals surface area contributed by atoms with Gasteiger partial charge in [-0.3, -0.25) is 0 Å².